The van der Waals surface area contributed by atoms with Gasteiger partial charge in [0.15, 0.2) is 17.5 Å². The lowest BCUT2D eigenvalue weighted by atomic mass is 10.2. The zero-order valence-electron chi connectivity index (χ0n) is 15.1. The van der Waals surface area contributed by atoms with Gasteiger partial charge in [-0.2, -0.15) is 0 Å². The molecule has 0 N–H and O–H groups in total. The van der Waals surface area contributed by atoms with Gasteiger partial charge in [-0.15, -0.1) is 0 Å². The first kappa shape index (κ1) is 20.4. The van der Waals surface area contributed by atoms with Crippen LogP contribution in [0.1, 0.15) is 18.9 Å². The summed E-state index contributed by atoms with van der Waals surface area (Å²) in [4.78, 5) is 30.4. The van der Waals surface area contributed by atoms with Gasteiger partial charge in [0.1, 0.15) is 0 Å². The largest absolute Gasteiger partial charge is 0.345 e. The topological polar surface area (TPSA) is 53.5 Å². The quantitative estimate of drug-likeness (QED) is 0.695. The van der Waals surface area contributed by atoms with Crippen molar-refractivity contribution >= 4 is 17.5 Å². The molecule has 0 unspecified atom stereocenters. The minimum Gasteiger partial charge on any atom is -0.345 e. The average molecular weight is 379 g/mol. The predicted molar refractivity (Wildman–Crippen MR) is 94.5 cm³/mol. The van der Waals surface area contributed by atoms with Crippen LogP contribution >= 0.6 is 0 Å². The second-order valence-corrected chi connectivity index (χ2v) is 6.04. The summed E-state index contributed by atoms with van der Waals surface area (Å²) in [5.41, 5.74) is 0.632. The van der Waals surface area contributed by atoms with Crippen molar-refractivity contribution in [3.8, 4) is 0 Å². The predicted octanol–water partition coefficient (Wildman–Crippen LogP) is 2.94. The molecular formula is C19H20F3N3O2. The molecule has 0 aliphatic rings. The Bertz CT molecular complexity index is 815. The highest BCUT2D eigenvalue weighted by Gasteiger charge is 2.22. The van der Waals surface area contributed by atoms with Gasteiger partial charge in [0.05, 0.1) is 5.69 Å². The van der Waals surface area contributed by atoms with Crippen LogP contribution in [0.3, 0.4) is 0 Å². The van der Waals surface area contributed by atoms with E-state index in [0.717, 1.165) is 22.6 Å². The molecule has 0 bridgehead atoms. The highest BCUT2D eigenvalue weighted by molar-refractivity contribution is 5.92. The van der Waals surface area contributed by atoms with Crippen LogP contribution in [-0.2, 0) is 16.0 Å². The Morgan fingerprint density at radius 1 is 1.00 bits per heavy atom. The van der Waals surface area contributed by atoms with E-state index < -0.39 is 29.0 Å². The monoisotopic (exact) mass is 379 g/mol. The van der Waals surface area contributed by atoms with Crippen molar-refractivity contribution in [2.24, 2.45) is 0 Å². The van der Waals surface area contributed by atoms with Crippen molar-refractivity contribution in [1.29, 1.82) is 0 Å². The molecule has 27 heavy (non-hydrogen) atoms. The van der Waals surface area contributed by atoms with Gasteiger partial charge in [0.2, 0.25) is 11.8 Å². The first-order chi connectivity index (χ1) is 12.8. The zero-order chi connectivity index (χ0) is 20.0. The molecule has 1 aromatic heterocycles. The van der Waals surface area contributed by atoms with Gasteiger partial charge in [-0.1, -0.05) is 0 Å². The number of benzene rings is 1. The molecule has 0 aliphatic heterocycles. The van der Waals surface area contributed by atoms with Crippen molar-refractivity contribution in [2.75, 3.05) is 25.0 Å². The lowest BCUT2D eigenvalue weighted by Crippen LogP contribution is -2.36. The number of halogens is 3. The minimum absolute atomic E-state index is 0.0785. The highest BCUT2D eigenvalue weighted by atomic mass is 19.2. The Labute approximate surface area is 155 Å². The summed E-state index contributed by atoms with van der Waals surface area (Å²) in [6, 6.07) is 5.42. The van der Waals surface area contributed by atoms with Gasteiger partial charge in [0.25, 0.3) is 0 Å². The number of carbonyl (C=O) groups is 2. The molecule has 0 fully saturated rings. The third kappa shape index (κ3) is 5.29. The fraction of sp³-hybridized carbons (Fsp3) is 0.316. The number of amides is 2. The number of aromatic nitrogens is 1. The number of anilines is 1. The van der Waals surface area contributed by atoms with Crippen LogP contribution in [0.25, 0.3) is 0 Å². The fourth-order valence-corrected chi connectivity index (χ4v) is 2.54. The summed E-state index contributed by atoms with van der Waals surface area (Å²) in [5, 5.41) is 0. The van der Waals surface area contributed by atoms with Gasteiger partial charge >= 0.3 is 0 Å². The lowest BCUT2D eigenvalue weighted by molar-refractivity contribution is -0.129. The molecule has 0 atom stereocenters. The summed E-state index contributed by atoms with van der Waals surface area (Å²) in [6.07, 6.45) is 3.89. The standard InChI is InChI=1S/C19H20F3N3O2/c1-13(26)25(16-4-3-15(20)18(21)19(16)22)12-8-17(27)24(2)11-7-14-5-9-23-10-6-14/h3-6,9-10H,7-8,11-12H2,1-2H3. The molecule has 2 amide bonds. The van der Waals surface area contributed by atoms with Gasteiger partial charge < -0.3 is 9.80 Å². The molecule has 1 aromatic carbocycles. The number of hydrogen-bond donors (Lipinski definition) is 0. The Morgan fingerprint density at radius 3 is 2.30 bits per heavy atom. The van der Waals surface area contributed by atoms with Crippen LogP contribution in [0, 0.1) is 17.5 Å². The molecule has 0 aliphatic carbocycles. The SMILES string of the molecule is CC(=O)N(CCC(=O)N(C)CCc1ccncc1)c1ccc(F)c(F)c1F. The van der Waals surface area contributed by atoms with E-state index >= 15 is 0 Å². The number of pyridine rings is 1. The van der Waals surface area contributed by atoms with Crippen molar-refractivity contribution < 1.29 is 22.8 Å². The molecule has 8 heteroatoms. The summed E-state index contributed by atoms with van der Waals surface area (Å²) < 4.78 is 40.5. The van der Waals surface area contributed by atoms with E-state index in [1.165, 1.54) is 11.8 Å². The number of likely N-dealkylation sites (N-methyl/N-ethyl adjacent to an activating group) is 1. The van der Waals surface area contributed by atoms with E-state index in [9.17, 15) is 22.8 Å². The van der Waals surface area contributed by atoms with Crippen molar-refractivity contribution in [3.05, 3.63) is 59.7 Å². The van der Waals surface area contributed by atoms with E-state index in [0.29, 0.717) is 13.0 Å². The Hall–Kier alpha value is -2.90. The molecule has 0 saturated heterocycles. The third-order valence-electron chi connectivity index (χ3n) is 4.15. The fourth-order valence-electron chi connectivity index (χ4n) is 2.54. The summed E-state index contributed by atoms with van der Waals surface area (Å²) in [6.45, 7) is 1.48. The number of nitrogens with zero attached hydrogens (tertiary/aromatic N) is 3. The van der Waals surface area contributed by atoms with E-state index in [-0.39, 0.29) is 18.9 Å². The summed E-state index contributed by atoms with van der Waals surface area (Å²) >= 11 is 0. The van der Waals surface area contributed by atoms with Crippen LogP contribution in [0.4, 0.5) is 18.9 Å². The maximum Gasteiger partial charge on any atom is 0.224 e. The van der Waals surface area contributed by atoms with Gasteiger partial charge in [-0.05, 0) is 36.2 Å². The highest BCUT2D eigenvalue weighted by Crippen LogP contribution is 2.24. The van der Waals surface area contributed by atoms with E-state index in [2.05, 4.69) is 4.98 Å². The zero-order valence-corrected chi connectivity index (χ0v) is 15.1. The first-order valence-corrected chi connectivity index (χ1v) is 8.35. The first-order valence-electron chi connectivity index (χ1n) is 8.35. The number of hydrogen-bond acceptors (Lipinski definition) is 3. The van der Waals surface area contributed by atoms with Crippen molar-refractivity contribution in [2.45, 2.75) is 19.8 Å². The Morgan fingerprint density at radius 2 is 1.67 bits per heavy atom. The van der Waals surface area contributed by atoms with Crippen LogP contribution in [0.2, 0.25) is 0 Å². The maximum absolute atomic E-state index is 14.0. The van der Waals surface area contributed by atoms with Crippen molar-refractivity contribution in [3.63, 3.8) is 0 Å². The summed E-state index contributed by atoms with van der Waals surface area (Å²) in [7, 11) is 1.62. The Balaban J connectivity index is 1.98. The average Bonchev–Trinajstić information content (AvgIpc) is 2.66. The molecule has 144 valence electrons. The summed E-state index contributed by atoms with van der Waals surface area (Å²) in [5.74, 6) is -5.28. The van der Waals surface area contributed by atoms with Gasteiger partial charge in [-0.25, -0.2) is 13.2 Å². The van der Waals surface area contributed by atoms with Crippen LogP contribution in [0.15, 0.2) is 36.7 Å². The molecule has 0 radical (unpaired) electrons. The van der Waals surface area contributed by atoms with Crippen LogP contribution < -0.4 is 4.90 Å². The molecule has 0 saturated carbocycles. The van der Waals surface area contributed by atoms with Gasteiger partial charge in [-0.3, -0.25) is 14.6 Å². The maximum atomic E-state index is 14.0. The second kappa shape index (κ2) is 9.16. The normalized spacial score (nSPS) is 10.6. The Kier molecular flexibility index (Phi) is 6.92. The van der Waals surface area contributed by atoms with E-state index in [1.807, 2.05) is 12.1 Å². The molecule has 2 rings (SSSR count). The molecule has 0 spiro atoms. The lowest BCUT2D eigenvalue weighted by Gasteiger charge is -2.23. The van der Waals surface area contributed by atoms with E-state index in [1.54, 1.807) is 19.4 Å². The van der Waals surface area contributed by atoms with Crippen molar-refractivity contribution in [1.82, 2.24) is 9.88 Å². The number of rotatable bonds is 7. The third-order valence-corrected chi connectivity index (χ3v) is 4.15. The minimum atomic E-state index is -1.65. The van der Waals surface area contributed by atoms with Crippen LogP contribution in [0.5, 0.6) is 0 Å². The second-order valence-electron chi connectivity index (χ2n) is 6.04. The molecular weight excluding hydrogens is 359 g/mol. The van der Waals surface area contributed by atoms with Crippen LogP contribution in [-0.4, -0.2) is 41.8 Å². The smallest absolute Gasteiger partial charge is 0.224 e. The number of carbonyl (C=O) groups excluding carboxylic acids is 2. The molecule has 1 heterocycles. The van der Waals surface area contributed by atoms with Gasteiger partial charge in [0, 0.05) is 45.9 Å². The molecule has 2 aromatic rings. The molecule has 5 nitrogen and oxygen atoms in total. The van der Waals surface area contributed by atoms with E-state index in [4.69, 9.17) is 0 Å².